The number of thioether (sulfide) groups is 1. The summed E-state index contributed by atoms with van der Waals surface area (Å²) in [5.41, 5.74) is 1.65. The molecule has 0 bridgehead atoms. The van der Waals surface area contributed by atoms with Gasteiger partial charge in [0.05, 0.1) is 16.3 Å². The van der Waals surface area contributed by atoms with Gasteiger partial charge in [0, 0.05) is 36.9 Å². The SMILES string of the molecule is O=C1NC(=O)C(=Cc2ccnc(NC3CCCN(Cc4cc5ccccc5cn4)C3)n2)S1. The number of nitrogens with zero attached hydrogens (tertiary/aromatic N) is 4. The number of anilines is 1. The molecular weight excluding hydrogens is 424 g/mol. The predicted octanol–water partition coefficient (Wildman–Crippen LogP) is 3.43. The van der Waals surface area contributed by atoms with E-state index in [0.717, 1.165) is 55.3 Å². The molecule has 32 heavy (non-hydrogen) atoms. The van der Waals surface area contributed by atoms with Gasteiger partial charge in [-0.15, -0.1) is 0 Å². The van der Waals surface area contributed by atoms with Gasteiger partial charge in [-0.2, -0.15) is 0 Å². The van der Waals surface area contributed by atoms with Gasteiger partial charge in [-0.25, -0.2) is 9.97 Å². The monoisotopic (exact) mass is 446 g/mol. The van der Waals surface area contributed by atoms with E-state index < -0.39 is 5.91 Å². The molecule has 1 atom stereocenters. The number of hydrogen-bond acceptors (Lipinski definition) is 8. The minimum absolute atomic E-state index is 0.220. The maximum Gasteiger partial charge on any atom is 0.290 e. The summed E-state index contributed by atoms with van der Waals surface area (Å²) in [7, 11) is 0. The summed E-state index contributed by atoms with van der Waals surface area (Å²) in [5, 5.41) is 7.67. The molecule has 0 saturated carbocycles. The molecule has 4 heterocycles. The van der Waals surface area contributed by atoms with Crippen molar-refractivity contribution in [1.82, 2.24) is 25.2 Å². The lowest BCUT2D eigenvalue weighted by atomic mass is 10.1. The molecule has 2 aliphatic heterocycles. The number of fused-ring (bicyclic) bond motifs is 1. The molecule has 0 aliphatic carbocycles. The van der Waals surface area contributed by atoms with Crippen molar-refractivity contribution < 1.29 is 9.59 Å². The van der Waals surface area contributed by atoms with Crippen LogP contribution in [0, 0.1) is 0 Å². The predicted molar refractivity (Wildman–Crippen MR) is 125 cm³/mol. The zero-order chi connectivity index (χ0) is 21.9. The third kappa shape index (κ3) is 4.79. The second kappa shape index (κ2) is 9.05. The zero-order valence-corrected chi connectivity index (χ0v) is 18.1. The van der Waals surface area contributed by atoms with Gasteiger partial charge >= 0.3 is 0 Å². The molecule has 2 saturated heterocycles. The molecule has 9 heteroatoms. The Kier molecular flexibility index (Phi) is 5.83. The standard InChI is InChI=1S/C23H22N6O2S/c30-21-20(32-23(31)28-21)11-17-7-8-24-22(26-17)27-18-6-3-9-29(13-18)14-19-10-15-4-1-2-5-16(15)12-25-19/h1-2,4-5,7-8,10-12,18H,3,6,9,13-14H2,(H,24,26,27)(H,28,30,31). The minimum atomic E-state index is -0.390. The Balaban J connectivity index is 1.23. The summed E-state index contributed by atoms with van der Waals surface area (Å²) in [4.78, 5) is 39.3. The van der Waals surface area contributed by atoms with Crippen molar-refractivity contribution in [3.8, 4) is 0 Å². The summed E-state index contributed by atoms with van der Waals surface area (Å²) in [5.74, 6) is 0.128. The molecule has 2 aromatic heterocycles. The summed E-state index contributed by atoms with van der Waals surface area (Å²) >= 11 is 0.880. The Bertz CT molecular complexity index is 1210. The fourth-order valence-electron chi connectivity index (χ4n) is 4.02. The van der Waals surface area contributed by atoms with Crippen LogP contribution in [-0.4, -0.2) is 50.1 Å². The number of carbonyl (C=O) groups is 2. The summed E-state index contributed by atoms with van der Waals surface area (Å²) in [6.45, 7) is 2.70. The average Bonchev–Trinajstić information content (AvgIpc) is 3.10. The van der Waals surface area contributed by atoms with Crippen LogP contribution in [-0.2, 0) is 11.3 Å². The molecule has 0 radical (unpaired) electrons. The highest BCUT2D eigenvalue weighted by molar-refractivity contribution is 8.18. The highest BCUT2D eigenvalue weighted by atomic mass is 32.2. The van der Waals surface area contributed by atoms with Crippen molar-refractivity contribution in [1.29, 1.82) is 0 Å². The third-order valence-electron chi connectivity index (χ3n) is 5.51. The second-order valence-corrected chi connectivity index (χ2v) is 8.91. The quantitative estimate of drug-likeness (QED) is 0.575. The van der Waals surface area contributed by atoms with E-state index in [1.807, 2.05) is 18.3 Å². The van der Waals surface area contributed by atoms with Crippen molar-refractivity contribution in [3.63, 3.8) is 0 Å². The lowest BCUT2D eigenvalue weighted by molar-refractivity contribution is -0.115. The Morgan fingerprint density at radius 3 is 2.91 bits per heavy atom. The van der Waals surface area contributed by atoms with Crippen molar-refractivity contribution in [3.05, 3.63) is 65.1 Å². The fourth-order valence-corrected chi connectivity index (χ4v) is 4.69. The Morgan fingerprint density at radius 1 is 1.19 bits per heavy atom. The van der Waals surface area contributed by atoms with Crippen LogP contribution in [0.25, 0.3) is 16.8 Å². The number of rotatable bonds is 5. The fraction of sp³-hybridized carbons (Fsp3) is 0.261. The van der Waals surface area contributed by atoms with E-state index in [-0.39, 0.29) is 11.3 Å². The number of hydrogen-bond donors (Lipinski definition) is 2. The Labute approximate surface area is 189 Å². The van der Waals surface area contributed by atoms with E-state index in [4.69, 9.17) is 0 Å². The molecule has 3 aromatic rings. The molecule has 1 aromatic carbocycles. The average molecular weight is 447 g/mol. The van der Waals surface area contributed by atoms with E-state index in [1.54, 1.807) is 18.3 Å². The summed E-state index contributed by atoms with van der Waals surface area (Å²) < 4.78 is 0. The van der Waals surface area contributed by atoms with Gasteiger partial charge in [-0.3, -0.25) is 24.8 Å². The van der Waals surface area contributed by atoms with E-state index in [0.29, 0.717) is 16.5 Å². The van der Waals surface area contributed by atoms with Crippen LogP contribution >= 0.6 is 11.8 Å². The van der Waals surface area contributed by atoms with Gasteiger partial charge in [-0.1, -0.05) is 24.3 Å². The maximum absolute atomic E-state index is 11.8. The molecule has 0 spiro atoms. The van der Waals surface area contributed by atoms with Crippen molar-refractivity contribution in [2.75, 3.05) is 18.4 Å². The molecular formula is C23H22N6O2S. The molecule has 2 aliphatic rings. The van der Waals surface area contributed by atoms with Gasteiger partial charge in [-0.05, 0) is 54.7 Å². The van der Waals surface area contributed by atoms with Gasteiger partial charge < -0.3 is 5.32 Å². The Morgan fingerprint density at radius 2 is 2.06 bits per heavy atom. The number of benzene rings is 1. The first kappa shape index (κ1) is 20.6. The normalized spacial score (nSPS) is 20.6. The number of aromatic nitrogens is 3. The first-order valence-corrected chi connectivity index (χ1v) is 11.3. The summed E-state index contributed by atoms with van der Waals surface area (Å²) in [6.07, 6.45) is 7.31. The molecule has 162 valence electrons. The van der Waals surface area contributed by atoms with Crippen LogP contribution in [0.4, 0.5) is 10.7 Å². The van der Waals surface area contributed by atoms with Crippen LogP contribution < -0.4 is 10.6 Å². The van der Waals surface area contributed by atoms with Crippen LogP contribution in [0.1, 0.15) is 24.2 Å². The molecule has 8 nitrogen and oxygen atoms in total. The number of amides is 2. The van der Waals surface area contributed by atoms with Gasteiger partial charge in [0.1, 0.15) is 0 Å². The zero-order valence-electron chi connectivity index (χ0n) is 17.3. The van der Waals surface area contributed by atoms with Crippen molar-refractivity contribution in [2.45, 2.75) is 25.4 Å². The van der Waals surface area contributed by atoms with Gasteiger partial charge in [0.25, 0.3) is 11.1 Å². The number of likely N-dealkylation sites (tertiary alicyclic amines) is 1. The Hall–Kier alpha value is -3.30. The van der Waals surface area contributed by atoms with E-state index in [9.17, 15) is 9.59 Å². The highest BCUT2D eigenvalue weighted by Gasteiger charge is 2.25. The largest absolute Gasteiger partial charge is 0.350 e. The van der Waals surface area contributed by atoms with Crippen LogP contribution in [0.3, 0.4) is 0 Å². The van der Waals surface area contributed by atoms with Gasteiger partial charge in [0.15, 0.2) is 0 Å². The number of imide groups is 1. The first-order valence-electron chi connectivity index (χ1n) is 10.5. The van der Waals surface area contributed by atoms with Crippen LogP contribution in [0.2, 0.25) is 0 Å². The van der Waals surface area contributed by atoms with E-state index in [2.05, 4.69) is 48.7 Å². The van der Waals surface area contributed by atoms with Gasteiger partial charge in [0.2, 0.25) is 5.95 Å². The third-order valence-corrected chi connectivity index (χ3v) is 6.32. The number of nitrogens with one attached hydrogen (secondary N) is 2. The van der Waals surface area contributed by atoms with E-state index >= 15 is 0 Å². The number of carbonyl (C=O) groups excluding carboxylic acids is 2. The number of piperidine rings is 1. The van der Waals surface area contributed by atoms with Crippen LogP contribution in [0.5, 0.6) is 0 Å². The molecule has 5 rings (SSSR count). The summed E-state index contributed by atoms with van der Waals surface area (Å²) in [6, 6.07) is 12.4. The second-order valence-electron chi connectivity index (χ2n) is 7.90. The molecule has 1 unspecified atom stereocenters. The molecule has 2 amide bonds. The number of pyridine rings is 1. The lowest BCUT2D eigenvalue weighted by Gasteiger charge is -2.33. The maximum atomic E-state index is 11.8. The van der Waals surface area contributed by atoms with Crippen molar-refractivity contribution in [2.24, 2.45) is 0 Å². The molecule has 2 N–H and O–H groups in total. The highest BCUT2D eigenvalue weighted by Crippen LogP contribution is 2.25. The first-order chi connectivity index (χ1) is 15.6. The topological polar surface area (TPSA) is 100 Å². The van der Waals surface area contributed by atoms with E-state index in [1.165, 1.54) is 5.39 Å². The smallest absolute Gasteiger partial charge is 0.290 e. The van der Waals surface area contributed by atoms with Crippen molar-refractivity contribution >= 4 is 45.7 Å². The van der Waals surface area contributed by atoms with Crippen LogP contribution in [0.15, 0.2) is 53.7 Å². The lowest BCUT2D eigenvalue weighted by Crippen LogP contribution is -2.42. The molecule has 2 fully saturated rings. The minimum Gasteiger partial charge on any atom is -0.350 e.